The van der Waals surface area contributed by atoms with Crippen LogP contribution < -0.4 is 10.5 Å². The van der Waals surface area contributed by atoms with Crippen molar-refractivity contribution in [1.82, 2.24) is 4.72 Å². The van der Waals surface area contributed by atoms with Gasteiger partial charge in [-0.3, -0.25) is 0 Å². The monoisotopic (exact) mass is 442 g/mol. The third-order valence-electron chi connectivity index (χ3n) is 3.30. The van der Waals surface area contributed by atoms with Gasteiger partial charge in [0.2, 0.25) is 10.0 Å². The Labute approximate surface area is 140 Å². The Balaban J connectivity index is 2.19. The third kappa shape index (κ3) is 4.17. The van der Waals surface area contributed by atoms with E-state index in [0.29, 0.717) is 40.7 Å². The molecule has 6 nitrogen and oxygen atoms in total. The second-order valence-corrected chi connectivity index (χ2v) is 8.39. The van der Waals surface area contributed by atoms with E-state index in [2.05, 4.69) is 36.6 Å². The SMILES string of the molecule is Nc1cc(Br)c(S(=O)(=O)NCC2(O)CCOCC2)c(Br)c1. The molecule has 1 heterocycles. The first-order chi connectivity index (χ1) is 9.73. The van der Waals surface area contributed by atoms with E-state index in [1.54, 1.807) is 0 Å². The summed E-state index contributed by atoms with van der Waals surface area (Å²) >= 11 is 6.40. The molecule has 1 aliphatic heterocycles. The van der Waals surface area contributed by atoms with Gasteiger partial charge in [-0.15, -0.1) is 0 Å². The maximum Gasteiger partial charge on any atom is 0.242 e. The van der Waals surface area contributed by atoms with E-state index < -0.39 is 15.6 Å². The van der Waals surface area contributed by atoms with Crippen molar-refractivity contribution >= 4 is 47.6 Å². The number of anilines is 1. The van der Waals surface area contributed by atoms with Crippen LogP contribution in [0.25, 0.3) is 0 Å². The zero-order valence-electron chi connectivity index (χ0n) is 11.1. The third-order valence-corrected chi connectivity index (χ3v) is 6.58. The highest BCUT2D eigenvalue weighted by Crippen LogP contribution is 2.32. The average molecular weight is 444 g/mol. The van der Waals surface area contributed by atoms with Gasteiger partial charge in [-0.2, -0.15) is 0 Å². The molecule has 0 atom stereocenters. The van der Waals surface area contributed by atoms with E-state index in [9.17, 15) is 13.5 Å². The number of hydrogen-bond acceptors (Lipinski definition) is 5. The van der Waals surface area contributed by atoms with E-state index in [4.69, 9.17) is 10.5 Å². The molecule has 0 unspecified atom stereocenters. The number of rotatable bonds is 4. The van der Waals surface area contributed by atoms with Gasteiger partial charge >= 0.3 is 0 Å². The van der Waals surface area contributed by atoms with Gasteiger partial charge in [0.1, 0.15) is 4.90 Å². The molecule has 0 radical (unpaired) electrons. The van der Waals surface area contributed by atoms with Crippen LogP contribution in [0.2, 0.25) is 0 Å². The molecular weight excluding hydrogens is 428 g/mol. The average Bonchev–Trinajstić information content (AvgIpc) is 2.36. The quantitative estimate of drug-likeness (QED) is 0.613. The largest absolute Gasteiger partial charge is 0.399 e. The van der Waals surface area contributed by atoms with Crippen LogP contribution in [0.3, 0.4) is 0 Å². The molecule has 0 spiro atoms. The van der Waals surface area contributed by atoms with Gasteiger partial charge in [-0.25, -0.2) is 13.1 Å². The molecule has 0 bridgehead atoms. The van der Waals surface area contributed by atoms with Crippen LogP contribution in [0.4, 0.5) is 5.69 Å². The van der Waals surface area contributed by atoms with Crippen molar-refractivity contribution in [2.75, 3.05) is 25.5 Å². The molecule has 4 N–H and O–H groups in total. The lowest BCUT2D eigenvalue weighted by Gasteiger charge is -2.32. The van der Waals surface area contributed by atoms with Gasteiger partial charge < -0.3 is 15.6 Å². The Morgan fingerprint density at radius 3 is 2.33 bits per heavy atom. The smallest absolute Gasteiger partial charge is 0.242 e. The number of benzene rings is 1. The number of nitrogens with one attached hydrogen (secondary N) is 1. The zero-order valence-corrected chi connectivity index (χ0v) is 15.1. The minimum Gasteiger partial charge on any atom is -0.399 e. The maximum atomic E-state index is 12.4. The molecule has 21 heavy (non-hydrogen) atoms. The van der Waals surface area contributed by atoms with Gasteiger partial charge in [-0.1, -0.05) is 0 Å². The molecule has 0 amide bonds. The highest BCUT2D eigenvalue weighted by atomic mass is 79.9. The highest BCUT2D eigenvalue weighted by Gasteiger charge is 2.32. The summed E-state index contributed by atoms with van der Waals surface area (Å²) in [6.07, 6.45) is 0.805. The standard InChI is InChI=1S/C12H16Br2N2O4S/c13-9-5-8(15)6-10(14)11(9)21(18,19)16-7-12(17)1-3-20-4-2-12/h5-6,16-17H,1-4,7,15H2. The van der Waals surface area contributed by atoms with Crippen LogP contribution >= 0.6 is 31.9 Å². The van der Waals surface area contributed by atoms with Crippen LogP contribution in [0.1, 0.15) is 12.8 Å². The van der Waals surface area contributed by atoms with Crippen molar-refractivity contribution in [3.8, 4) is 0 Å². The lowest BCUT2D eigenvalue weighted by molar-refractivity contribution is -0.0588. The number of aliphatic hydroxyl groups is 1. The summed E-state index contributed by atoms with van der Waals surface area (Å²) in [7, 11) is -3.78. The van der Waals surface area contributed by atoms with Crippen molar-refractivity contribution < 1.29 is 18.3 Å². The normalized spacial score (nSPS) is 18.6. The molecule has 1 fully saturated rings. The van der Waals surface area contributed by atoms with Crippen molar-refractivity contribution in [1.29, 1.82) is 0 Å². The fourth-order valence-electron chi connectivity index (χ4n) is 2.07. The van der Waals surface area contributed by atoms with Gasteiger partial charge in [0.15, 0.2) is 0 Å². The Hall–Kier alpha value is -0.190. The molecule has 9 heteroatoms. The summed E-state index contributed by atoms with van der Waals surface area (Å²) in [6, 6.07) is 3.03. The minimum atomic E-state index is -3.78. The van der Waals surface area contributed by atoms with Crippen LogP contribution in [0.15, 0.2) is 26.0 Å². The zero-order chi connectivity index (χ0) is 15.7. The summed E-state index contributed by atoms with van der Waals surface area (Å²) in [6.45, 7) is 0.795. The highest BCUT2D eigenvalue weighted by molar-refractivity contribution is 9.11. The Morgan fingerprint density at radius 1 is 1.29 bits per heavy atom. The maximum absolute atomic E-state index is 12.4. The summed E-state index contributed by atoms with van der Waals surface area (Å²) in [5.41, 5.74) is 5.02. The van der Waals surface area contributed by atoms with Gasteiger partial charge in [0, 0.05) is 47.2 Å². The fourth-order valence-corrected chi connectivity index (χ4v) is 5.80. The molecule has 0 aromatic heterocycles. The van der Waals surface area contributed by atoms with Crippen LogP contribution in [0.5, 0.6) is 0 Å². The van der Waals surface area contributed by atoms with Gasteiger partial charge in [0.25, 0.3) is 0 Å². The van der Waals surface area contributed by atoms with Gasteiger partial charge in [0.05, 0.1) is 5.60 Å². The molecule has 0 aliphatic carbocycles. The molecule has 0 saturated carbocycles. The summed E-state index contributed by atoms with van der Waals surface area (Å²) in [5, 5.41) is 10.3. The van der Waals surface area contributed by atoms with Crippen LogP contribution in [0, 0.1) is 0 Å². The molecule has 2 rings (SSSR count). The number of nitrogen functional groups attached to an aromatic ring is 1. The van der Waals surface area contributed by atoms with E-state index in [1.165, 1.54) is 12.1 Å². The summed E-state index contributed by atoms with van der Waals surface area (Å²) in [5.74, 6) is 0. The molecule has 1 aromatic carbocycles. The van der Waals surface area contributed by atoms with E-state index in [1.807, 2.05) is 0 Å². The van der Waals surface area contributed by atoms with E-state index >= 15 is 0 Å². The van der Waals surface area contributed by atoms with Crippen LogP contribution in [-0.4, -0.2) is 38.9 Å². The number of sulfonamides is 1. The number of halogens is 2. The lowest BCUT2D eigenvalue weighted by atomic mass is 9.95. The molecular formula is C12H16Br2N2O4S. The van der Waals surface area contributed by atoms with E-state index in [-0.39, 0.29) is 11.4 Å². The first kappa shape index (κ1) is 17.2. The molecule has 1 aliphatic rings. The predicted molar refractivity (Wildman–Crippen MR) is 86.4 cm³/mol. The second-order valence-electron chi connectivity index (χ2n) is 4.97. The first-order valence-corrected chi connectivity index (χ1v) is 9.35. The first-order valence-electron chi connectivity index (χ1n) is 6.28. The van der Waals surface area contributed by atoms with Crippen molar-refractivity contribution in [3.05, 3.63) is 21.1 Å². The Morgan fingerprint density at radius 2 is 1.81 bits per heavy atom. The predicted octanol–water partition coefficient (Wildman–Crippen LogP) is 1.61. The summed E-state index contributed by atoms with van der Waals surface area (Å²) < 4.78 is 33.2. The lowest BCUT2D eigenvalue weighted by Crippen LogP contribution is -2.46. The summed E-state index contributed by atoms with van der Waals surface area (Å²) in [4.78, 5) is 0.0624. The molecule has 118 valence electrons. The van der Waals surface area contributed by atoms with Crippen LogP contribution in [-0.2, 0) is 14.8 Å². The van der Waals surface area contributed by atoms with Crippen molar-refractivity contribution in [3.63, 3.8) is 0 Å². The van der Waals surface area contributed by atoms with Crippen molar-refractivity contribution in [2.45, 2.75) is 23.3 Å². The topological polar surface area (TPSA) is 102 Å². The minimum absolute atomic E-state index is 0.0536. The number of hydrogen-bond donors (Lipinski definition) is 3. The number of ether oxygens (including phenoxy) is 1. The molecule has 1 aromatic rings. The Bertz CT molecular complexity index is 607. The number of nitrogens with two attached hydrogens (primary N) is 1. The molecule has 1 saturated heterocycles. The van der Waals surface area contributed by atoms with Gasteiger partial charge in [-0.05, 0) is 44.0 Å². The van der Waals surface area contributed by atoms with Crippen molar-refractivity contribution in [2.24, 2.45) is 0 Å². The second kappa shape index (κ2) is 6.51. The van der Waals surface area contributed by atoms with E-state index in [0.717, 1.165) is 0 Å². The Kier molecular flexibility index (Phi) is 5.32. The fraction of sp³-hybridized carbons (Fsp3) is 0.500.